The number of hydrogen-bond acceptors (Lipinski definition) is 2. The van der Waals surface area contributed by atoms with E-state index in [9.17, 15) is 31.5 Å². The van der Waals surface area contributed by atoms with E-state index >= 15 is 0 Å². The normalized spacial score (nSPS) is 13.5. The summed E-state index contributed by atoms with van der Waals surface area (Å²) < 4.78 is 65.2. The maximum atomic E-state index is 13.8. The maximum Gasteiger partial charge on any atom is 0.416 e. The molecule has 0 aromatic heterocycles. The molecule has 0 radical (unpaired) electrons. The number of hydrogen-bond donors (Lipinski definition) is 2. The van der Waals surface area contributed by atoms with E-state index in [2.05, 4.69) is 10.6 Å². The molecule has 0 heterocycles. The van der Waals surface area contributed by atoms with Gasteiger partial charge in [0, 0.05) is 18.4 Å². The quantitative estimate of drug-likeness (QED) is 0.543. The Morgan fingerprint density at radius 3 is 2.32 bits per heavy atom. The average molecular weight is 400 g/mol. The molecule has 2 rings (SSSR count). The molecule has 2 N–H and O–H groups in total. The number of benzene rings is 2. The smallest absolute Gasteiger partial charge is 0.358 e. The van der Waals surface area contributed by atoms with Gasteiger partial charge in [0.15, 0.2) is 11.6 Å². The van der Waals surface area contributed by atoms with E-state index in [0.717, 1.165) is 18.2 Å². The highest BCUT2D eigenvalue weighted by Crippen LogP contribution is 2.32. The summed E-state index contributed by atoms with van der Waals surface area (Å²) in [4.78, 5) is 23.1. The molecule has 0 spiro atoms. The first-order valence-electron chi connectivity index (χ1n) is 8.24. The molecule has 0 bridgehead atoms. The molecule has 4 nitrogen and oxygen atoms in total. The summed E-state index contributed by atoms with van der Waals surface area (Å²) in [6, 6.07) is 7.48. The third-order valence-corrected chi connectivity index (χ3v) is 4.31. The van der Waals surface area contributed by atoms with Crippen LogP contribution >= 0.6 is 0 Å². The summed E-state index contributed by atoms with van der Waals surface area (Å²) in [6.45, 7) is 1.44. The zero-order valence-corrected chi connectivity index (χ0v) is 14.7. The minimum absolute atomic E-state index is 0.0327. The third kappa shape index (κ3) is 5.05. The van der Waals surface area contributed by atoms with Crippen LogP contribution < -0.4 is 10.6 Å². The molecule has 0 saturated heterocycles. The van der Waals surface area contributed by atoms with Crippen molar-refractivity contribution < 1.29 is 31.5 Å². The molecule has 150 valence electrons. The van der Waals surface area contributed by atoms with E-state index in [4.69, 9.17) is 0 Å². The van der Waals surface area contributed by atoms with Crippen molar-refractivity contribution in [1.29, 1.82) is 0 Å². The van der Waals surface area contributed by atoms with Crippen LogP contribution in [0.4, 0.5) is 27.6 Å². The van der Waals surface area contributed by atoms with E-state index in [1.807, 2.05) is 0 Å². The summed E-state index contributed by atoms with van der Waals surface area (Å²) in [5, 5.41) is 4.66. The lowest BCUT2D eigenvalue weighted by molar-refractivity contribution is -0.137. The summed E-state index contributed by atoms with van der Waals surface area (Å²) in [6.07, 6.45) is -4.11. The topological polar surface area (TPSA) is 58.2 Å². The second kappa shape index (κ2) is 8.81. The van der Waals surface area contributed by atoms with Crippen LogP contribution in [0.25, 0.3) is 0 Å². The van der Waals surface area contributed by atoms with E-state index in [-0.39, 0.29) is 12.2 Å². The number of amides is 2. The minimum Gasteiger partial charge on any atom is -0.358 e. The van der Waals surface area contributed by atoms with Crippen molar-refractivity contribution in [2.24, 2.45) is 5.92 Å². The van der Waals surface area contributed by atoms with Crippen molar-refractivity contribution in [2.75, 3.05) is 11.9 Å². The van der Waals surface area contributed by atoms with E-state index < -0.39 is 41.1 Å². The van der Waals surface area contributed by atoms with Crippen LogP contribution in [0.2, 0.25) is 0 Å². The highest BCUT2D eigenvalue weighted by Gasteiger charge is 2.31. The predicted molar refractivity (Wildman–Crippen MR) is 92.4 cm³/mol. The number of anilines is 1. The molecular weight excluding hydrogens is 383 g/mol. The number of halogens is 5. The lowest BCUT2D eigenvalue weighted by Gasteiger charge is -2.24. The number of alkyl halides is 3. The Morgan fingerprint density at radius 2 is 1.75 bits per heavy atom. The molecule has 2 atom stereocenters. The van der Waals surface area contributed by atoms with Crippen molar-refractivity contribution in [3.8, 4) is 0 Å². The lowest BCUT2D eigenvalue weighted by Crippen LogP contribution is -2.32. The van der Waals surface area contributed by atoms with Crippen molar-refractivity contribution in [3.63, 3.8) is 0 Å². The molecule has 0 fully saturated rings. The number of carbonyl (C=O) groups is 2. The molecular formula is C19H17F5N2O2. The second-order valence-electron chi connectivity index (χ2n) is 6.13. The van der Waals surface area contributed by atoms with Crippen LogP contribution in [0, 0.1) is 17.6 Å². The van der Waals surface area contributed by atoms with Gasteiger partial charge in [-0.25, -0.2) is 8.78 Å². The Morgan fingerprint density at radius 1 is 1.11 bits per heavy atom. The molecule has 0 aliphatic heterocycles. The van der Waals surface area contributed by atoms with Gasteiger partial charge in [-0.15, -0.1) is 0 Å². The van der Waals surface area contributed by atoms with Gasteiger partial charge in [0.2, 0.25) is 12.3 Å². The van der Waals surface area contributed by atoms with Gasteiger partial charge in [0.25, 0.3) is 0 Å². The summed E-state index contributed by atoms with van der Waals surface area (Å²) >= 11 is 0. The highest BCUT2D eigenvalue weighted by molar-refractivity contribution is 5.93. The highest BCUT2D eigenvalue weighted by atomic mass is 19.4. The van der Waals surface area contributed by atoms with Crippen LogP contribution in [0.3, 0.4) is 0 Å². The van der Waals surface area contributed by atoms with Crippen LogP contribution in [0.1, 0.15) is 24.0 Å². The fourth-order valence-electron chi connectivity index (χ4n) is 2.71. The fraction of sp³-hybridized carbons (Fsp3) is 0.263. The zero-order valence-electron chi connectivity index (χ0n) is 14.7. The van der Waals surface area contributed by atoms with Crippen LogP contribution in [-0.2, 0) is 15.8 Å². The van der Waals surface area contributed by atoms with Crippen LogP contribution in [0.15, 0.2) is 42.5 Å². The van der Waals surface area contributed by atoms with E-state index in [1.54, 1.807) is 0 Å². The van der Waals surface area contributed by atoms with Crippen LogP contribution in [0.5, 0.6) is 0 Å². The number of nitrogens with one attached hydrogen (secondary N) is 2. The van der Waals surface area contributed by atoms with Gasteiger partial charge >= 0.3 is 6.18 Å². The first-order chi connectivity index (χ1) is 13.1. The van der Waals surface area contributed by atoms with Gasteiger partial charge < -0.3 is 10.6 Å². The van der Waals surface area contributed by atoms with Gasteiger partial charge in [-0.05, 0) is 29.8 Å². The van der Waals surface area contributed by atoms with Crippen molar-refractivity contribution in [2.45, 2.75) is 19.0 Å². The Bertz CT molecular complexity index is 837. The molecule has 2 unspecified atom stereocenters. The summed E-state index contributed by atoms with van der Waals surface area (Å²) in [7, 11) is 0. The standard InChI is InChI=1S/C19H17F5N2O2/c1-11(18(28)26-16-4-2-3-15(20)17(16)21)14(9-25-10-27)12-5-7-13(8-6-12)19(22,23)24/h2-8,10-11,14H,9H2,1H3,(H,25,27)(H,26,28). The van der Waals surface area contributed by atoms with Gasteiger partial charge in [0.05, 0.1) is 11.3 Å². The molecule has 28 heavy (non-hydrogen) atoms. The molecule has 2 aromatic carbocycles. The van der Waals surface area contributed by atoms with E-state index in [1.165, 1.54) is 31.2 Å². The summed E-state index contributed by atoms with van der Waals surface area (Å²) in [5.41, 5.74) is -0.826. The maximum absolute atomic E-state index is 13.8. The Labute approximate surface area is 157 Å². The Hall–Kier alpha value is -2.97. The van der Waals surface area contributed by atoms with Crippen LogP contribution in [-0.4, -0.2) is 18.9 Å². The molecule has 2 aromatic rings. The number of carbonyl (C=O) groups excluding carboxylic acids is 2. The molecule has 0 saturated carbocycles. The minimum atomic E-state index is -4.51. The van der Waals surface area contributed by atoms with Crippen molar-refractivity contribution >= 4 is 18.0 Å². The predicted octanol–water partition coefficient (Wildman–Crippen LogP) is 4.09. The van der Waals surface area contributed by atoms with Gasteiger partial charge in [-0.2, -0.15) is 13.2 Å². The molecule has 0 aliphatic rings. The molecule has 0 aliphatic carbocycles. The van der Waals surface area contributed by atoms with Gasteiger partial charge in [-0.1, -0.05) is 25.1 Å². The third-order valence-electron chi connectivity index (χ3n) is 4.31. The molecule has 2 amide bonds. The Kier molecular flexibility index (Phi) is 6.71. The zero-order chi connectivity index (χ0) is 20.9. The second-order valence-corrected chi connectivity index (χ2v) is 6.13. The number of rotatable bonds is 7. The van der Waals surface area contributed by atoms with E-state index in [0.29, 0.717) is 12.0 Å². The SMILES string of the molecule is CC(C(=O)Nc1cccc(F)c1F)C(CNC=O)c1ccc(C(F)(F)F)cc1. The van der Waals surface area contributed by atoms with Gasteiger partial charge in [-0.3, -0.25) is 9.59 Å². The first kappa shape index (κ1) is 21.3. The van der Waals surface area contributed by atoms with Crippen molar-refractivity contribution in [1.82, 2.24) is 5.32 Å². The Balaban J connectivity index is 2.24. The van der Waals surface area contributed by atoms with Crippen molar-refractivity contribution in [3.05, 3.63) is 65.2 Å². The van der Waals surface area contributed by atoms with Gasteiger partial charge in [0.1, 0.15) is 0 Å². The first-order valence-corrected chi connectivity index (χ1v) is 8.24. The monoisotopic (exact) mass is 400 g/mol. The average Bonchev–Trinajstić information content (AvgIpc) is 2.65. The summed E-state index contributed by atoms with van der Waals surface area (Å²) in [5.74, 6) is -4.59. The molecule has 9 heteroatoms. The fourth-order valence-corrected chi connectivity index (χ4v) is 2.71. The lowest BCUT2D eigenvalue weighted by atomic mass is 9.86. The largest absolute Gasteiger partial charge is 0.416 e.